The van der Waals surface area contributed by atoms with Gasteiger partial charge in [0.1, 0.15) is 5.82 Å². The number of anilines is 1. The molecule has 2 aliphatic rings. The molecule has 1 unspecified atom stereocenters. The highest BCUT2D eigenvalue weighted by Gasteiger charge is 2.30. The lowest BCUT2D eigenvalue weighted by molar-refractivity contribution is -0.149. The number of thioether (sulfide) groups is 1. The maximum Gasteiger partial charge on any atom is 0.310 e. The van der Waals surface area contributed by atoms with Crippen LogP contribution in [0.4, 0.5) is 5.82 Å². The molecule has 0 saturated carbocycles. The molecule has 3 heterocycles. The molecule has 1 atom stereocenters. The third-order valence-electron chi connectivity index (χ3n) is 7.38. The molecule has 0 radical (unpaired) electrons. The lowest BCUT2D eigenvalue weighted by Crippen LogP contribution is -2.48. The highest BCUT2D eigenvalue weighted by molar-refractivity contribution is 7.98. The van der Waals surface area contributed by atoms with Gasteiger partial charge in [-0.05, 0) is 37.5 Å². The van der Waals surface area contributed by atoms with Crippen molar-refractivity contribution in [1.82, 2.24) is 19.8 Å². The molecule has 2 aliphatic heterocycles. The van der Waals surface area contributed by atoms with E-state index in [-0.39, 0.29) is 29.1 Å². The number of piperazine rings is 1. The molecular formula is C30H41N5O4S. The maximum absolute atomic E-state index is 13.3. The molecule has 2 aromatic rings. The number of aromatic nitrogens is 2. The van der Waals surface area contributed by atoms with E-state index in [1.807, 2.05) is 29.2 Å². The van der Waals surface area contributed by atoms with Crippen molar-refractivity contribution in [3.8, 4) is 0 Å². The van der Waals surface area contributed by atoms with Crippen LogP contribution < -0.4 is 4.90 Å². The van der Waals surface area contributed by atoms with Gasteiger partial charge in [0.2, 0.25) is 5.91 Å². The van der Waals surface area contributed by atoms with Gasteiger partial charge in [-0.15, -0.1) is 0 Å². The second kappa shape index (κ2) is 13.0. The van der Waals surface area contributed by atoms with Crippen molar-refractivity contribution in [2.24, 2.45) is 5.92 Å². The van der Waals surface area contributed by atoms with Gasteiger partial charge in [0.25, 0.3) is 5.91 Å². The average molecular weight is 568 g/mol. The summed E-state index contributed by atoms with van der Waals surface area (Å²) in [6.07, 6.45) is 1.54. The first-order valence-electron chi connectivity index (χ1n) is 14.1. The van der Waals surface area contributed by atoms with Gasteiger partial charge < -0.3 is 19.4 Å². The number of piperidine rings is 1. The van der Waals surface area contributed by atoms with Gasteiger partial charge in [-0.25, -0.2) is 9.97 Å². The van der Waals surface area contributed by atoms with Gasteiger partial charge in [0.05, 0.1) is 18.2 Å². The fraction of sp³-hybridized carbons (Fsp3) is 0.567. The molecule has 2 amide bonds. The average Bonchev–Trinajstić information content (AvgIpc) is 2.95. The summed E-state index contributed by atoms with van der Waals surface area (Å²) in [6.45, 7) is 14.1. The van der Waals surface area contributed by atoms with E-state index in [4.69, 9.17) is 14.7 Å². The summed E-state index contributed by atoms with van der Waals surface area (Å²) in [7, 11) is 0. The number of hydrogen-bond donors (Lipinski definition) is 0. The van der Waals surface area contributed by atoms with Crippen molar-refractivity contribution in [2.75, 3.05) is 50.8 Å². The molecule has 40 heavy (non-hydrogen) atoms. The molecule has 0 N–H and O–H groups in total. The Balaban J connectivity index is 1.45. The molecule has 2 fully saturated rings. The van der Waals surface area contributed by atoms with E-state index in [1.54, 1.807) is 30.5 Å². The van der Waals surface area contributed by atoms with Crippen LogP contribution in [0.5, 0.6) is 0 Å². The Hall–Kier alpha value is -3.14. The van der Waals surface area contributed by atoms with E-state index in [2.05, 4.69) is 31.7 Å². The zero-order valence-corrected chi connectivity index (χ0v) is 25.1. The molecule has 0 aliphatic carbocycles. The van der Waals surface area contributed by atoms with Crippen LogP contribution in [0.1, 0.15) is 69.1 Å². The molecule has 1 aromatic heterocycles. The summed E-state index contributed by atoms with van der Waals surface area (Å²) in [5.41, 5.74) is 2.46. The number of esters is 1. The topological polar surface area (TPSA) is 95.9 Å². The van der Waals surface area contributed by atoms with Crippen molar-refractivity contribution in [1.29, 1.82) is 0 Å². The number of ether oxygens (including phenoxy) is 1. The fourth-order valence-corrected chi connectivity index (χ4v) is 5.81. The van der Waals surface area contributed by atoms with E-state index < -0.39 is 0 Å². The molecule has 4 rings (SSSR count). The predicted octanol–water partition coefficient (Wildman–Crippen LogP) is 4.15. The largest absolute Gasteiger partial charge is 0.466 e. The van der Waals surface area contributed by atoms with Gasteiger partial charge in [-0.3, -0.25) is 14.4 Å². The third-order valence-corrected chi connectivity index (χ3v) is 8.30. The van der Waals surface area contributed by atoms with Crippen LogP contribution >= 0.6 is 11.8 Å². The third kappa shape index (κ3) is 7.53. The quantitative estimate of drug-likeness (QED) is 0.280. The van der Waals surface area contributed by atoms with Crippen molar-refractivity contribution in [2.45, 2.75) is 63.8 Å². The Labute approximate surface area is 241 Å². The van der Waals surface area contributed by atoms with E-state index in [1.165, 1.54) is 0 Å². The van der Waals surface area contributed by atoms with Crippen molar-refractivity contribution in [3.63, 3.8) is 0 Å². The SMILES string of the molecule is CCOC(=O)C1CCCN(C(=O)c2cccc(CSc3nc(N4CCN(C(C)=O)CC4)cc(C(C)(C)C)n3)c2)C1. The fourth-order valence-electron chi connectivity index (χ4n) is 5.01. The smallest absolute Gasteiger partial charge is 0.310 e. The van der Waals surface area contributed by atoms with Crippen LogP contribution in [-0.4, -0.2) is 83.4 Å². The zero-order chi connectivity index (χ0) is 28.9. The molecule has 1 aromatic carbocycles. The van der Waals surface area contributed by atoms with Crippen molar-refractivity contribution in [3.05, 3.63) is 47.2 Å². The number of rotatable bonds is 7. The normalized spacial score (nSPS) is 18.0. The first kappa shape index (κ1) is 29.8. The number of carbonyl (C=O) groups is 3. The Morgan fingerprint density at radius 1 is 1.02 bits per heavy atom. The van der Waals surface area contributed by atoms with Crippen molar-refractivity contribution >= 4 is 35.4 Å². The van der Waals surface area contributed by atoms with Gasteiger partial charge in [-0.1, -0.05) is 44.7 Å². The van der Waals surface area contributed by atoms with Crippen LogP contribution in [0.2, 0.25) is 0 Å². The van der Waals surface area contributed by atoms with Gasteiger partial charge >= 0.3 is 5.97 Å². The standard InChI is InChI=1S/C30H41N5O4S/c1-6-39-28(38)24-11-8-12-35(19-24)27(37)23-10-7-9-22(17-23)20-40-29-31-25(30(3,4)5)18-26(32-29)34-15-13-33(14-16-34)21(2)36/h7,9-10,17-18,24H,6,8,11-16,19-20H2,1-5H3. The monoisotopic (exact) mass is 567 g/mol. The number of amides is 2. The summed E-state index contributed by atoms with van der Waals surface area (Å²) in [5, 5.41) is 0.696. The number of carbonyl (C=O) groups excluding carboxylic acids is 3. The second-order valence-corrected chi connectivity index (χ2v) is 12.4. The van der Waals surface area contributed by atoms with Gasteiger partial charge in [0.15, 0.2) is 5.16 Å². The van der Waals surface area contributed by atoms with E-state index in [0.29, 0.717) is 49.3 Å². The first-order valence-corrected chi connectivity index (χ1v) is 15.1. The summed E-state index contributed by atoms with van der Waals surface area (Å²) in [6, 6.07) is 9.74. The van der Waals surface area contributed by atoms with Crippen LogP contribution in [-0.2, 0) is 25.5 Å². The van der Waals surface area contributed by atoms with Crippen LogP contribution in [0, 0.1) is 5.92 Å². The molecule has 0 bridgehead atoms. The Bertz CT molecular complexity index is 1220. The predicted molar refractivity (Wildman–Crippen MR) is 156 cm³/mol. The van der Waals surface area contributed by atoms with E-state index >= 15 is 0 Å². The Morgan fingerprint density at radius 2 is 1.77 bits per heavy atom. The van der Waals surface area contributed by atoms with Crippen molar-refractivity contribution < 1.29 is 19.1 Å². The lowest BCUT2D eigenvalue weighted by Gasteiger charge is -2.35. The molecule has 216 valence electrons. The van der Waals surface area contributed by atoms with Crippen LogP contribution in [0.3, 0.4) is 0 Å². The summed E-state index contributed by atoms with van der Waals surface area (Å²) >= 11 is 1.55. The minimum Gasteiger partial charge on any atom is -0.466 e. The van der Waals surface area contributed by atoms with Crippen LogP contribution in [0.15, 0.2) is 35.5 Å². The molecular weight excluding hydrogens is 526 g/mol. The van der Waals surface area contributed by atoms with Gasteiger partial charge in [0, 0.05) is 69.0 Å². The molecule has 10 heteroatoms. The highest BCUT2D eigenvalue weighted by Crippen LogP contribution is 2.29. The lowest BCUT2D eigenvalue weighted by atomic mass is 9.92. The highest BCUT2D eigenvalue weighted by atomic mass is 32.2. The second-order valence-electron chi connectivity index (χ2n) is 11.5. The number of hydrogen-bond acceptors (Lipinski definition) is 8. The number of likely N-dealkylation sites (tertiary alicyclic amines) is 1. The number of nitrogens with zero attached hydrogens (tertiary/aromatic N) is 5. The minimum atomic E-state index is -0.261. The molecule has 0 spiro atoms. The Morgan fingerprint density at radius 3 is 2.45 bits per heavy atom. The van der Waals surface area contributed by atoms with Gasteiger partial charge in [-0.2, -0.15) is 0 Å². The molecule has 2 saturated heterocycles. The van der Waals surface area contributed by atoms with Crippen LogP contribution in [0.25, 0.3) is 0 Å². The zero-order valence-electron chi connectivity index (χ0n) is 24.3. The number of benzene rings is 1. The van der Waals surface area contributed by atoms with E-state index in [9.17, 15) is 14.4 Å². The van der Waals surface area contributed by atoms with E-state index in [0.717, 1.165) is 43.0 Å². The maximum atomic E-state index is 13.3. The summed E-state index contributed by atoms with van der Waals surface area (Å²) in [4.78, 5) is 52.9. The minimum absolute atomic E-state index is 0.0567. The summed E-state index contributed by atoms with van der Waals surface area (Å²) < 4.78 is 5.19. The first-order chi connectivity index (χ1) is 19.0. The molecule has 9 nitrogen and oxygen atoms in total. The summed E-state index contributed by atoms with van der Waals surface area (Å²) in [5.74, 6) is 1.08. The Kier molecular flexibility index (Phi) is 9.71.